The van der Waals surface area contributed by atoms with Crippen molar-refractivity contribution in [3.8, 4) is 0 Å². The summed E-state index contributed by atoms with van der Waals surface area (Å²) in [6.07, 6.45) is 0. The van der Waals surface area contributed by atoms with Crippen molar-refractivity contribution in [1.82, 2.24) is 10.2 Å². The Morgan fingerprint density at radius 2 is 1.95 bits per heavy atom. The van der Waals surface area contributed by atoms with E-state index in [1.165, 1.54) is 22.3 Å². The van der Waals surface area contributed by atoms with Gasteiger partial charge in [0, 0.05) is 26.2 Å². The van der Waals surface area contributed by atoms with Crippen molar-refractivity contribution < 1.29 is 0 Å². The maximum atomic E-state index is 3.45. The highest BCUT2D eigenvalue weighted by molar-refractivity contribution is 7.08. The van der Waals surface area contributed by atoms with E-state index in [-0.39, 0.29) is 0 Å². The molecule has 0 saturated carbocycles. The van der Waals surface area contributed by atoms with E-state index in [0.29, 0.717) is 6.04 Å². The van der Waals surface area contributed by atoms with Crippen LogP contribution in [0.5, 0.6) is 0 Å². The zero-order valence-electron chi connectivity index (χ0n) is 12.2. The highest BCUT2D eigenvalue weighted by atomic mass is 32.1. The van der Waals surface area contributed by atoms with Crippen molar-refractivity contribution in [3.05, 3.63) is 57.3 Å². The number of nitrogens with one attached hydrogen (secondary N) is 1. The van der Waals surface area contributed by atoms with Crippen LogP contribution in [0.1, 0.15) is 28.3 Å². The molecule has 3 rings (SSSR count). The fourth-order valence-electron chi connectivity index (χ4n) is 3.09. The van der Waals surface area contributed by atoms with E-state index >= 15 is 0 Å². The van der Waals surface area contributed by atoms with Gasteiger partial charge in [0.2, 0.25) is 0 Å². The van der Waals surface area contributed by atoms with Crippen molar-refractivity contribution >= 4 is 11.3 Å². The molecule has 0 bridgehead atoms. The van der Waals surface area contributed by atoms with Crippen molar-refractivity contribution in [1.29, 1.82) is 0 Å². The average Bonchev–Trinajstić information content (AvgIpc) is 2.97. The van der Waals surface area contributed by atoms with Crippen LogP contribution in [0.15, 0.2) is 35.0 Å². The Balaban J connectivity index is 2.00. The Morgan fingerprint density at radius 3 is 2.60 bits per heavy atom. The molecule has 1 aromatic heterocycles. The first-order chi connectivity index (χ1) is 9.75. The number of hydrogen-bond acceptors (Lipinski definition) is 3. The van der Waals surface area contributed by atoms with E-state index in [1.54, 1.807) is 11.3 Å². The topological polar surface area (TPSA) is 15.3 Å². The van der Waals surface area contributed by atoms with Crippen LogP contribution in [0.4, 0.5) is 0 Å². The van der Waals surface area contributed by atoms with Gasteiger partial charge in [-0.2, -0.15) is 11.3 Å². The average molecular weight is 286 g/mol. The summed E-state index contributed by atoms with van der Waals surface area (Å²) in [5.41, 5.74) is 5.63. The minimum Gasteiger partial charge on any atom is -0.314 e. The minimum atomic E-state index is 0.406. The number of rotatable bonds is 3. The first-order valence-corrected chi connectivity index (χ1v) is 8.24. The SMILES string of the molecule is Cc1ccc(C(c2ccsc2)N2CCNCC2)c(C)c1. The number of piperazine rings is 1. The third-order valence-corrected chi connectivity index (χ3v) is 4.80. The second-order valence-electron chi connectivity index (χ2n) is 5.61. The van der Waals surface area contributed by atoms with Crippen LogP contribution in [-0.2, 0) is 0 Å². The Kier molecular flexibility index (Phi) is 4.20. The number of nitrogens with zero attached hydrogens (tertiary/aromatic N) is 1. The maximum absolute atomic E-state index is 3.45. The zero-order chi connectivity index (χ0) is 13.9. The Hall–Kier alpha value is -1.16. The predicted molar refractivity (Wildman–Crippen MR) is 86.5 cm³/mol. The van der Waals surface area contributed by atoms with Gasteiger partial charge in [0.15, 0.2) is 0 Å². The van der Waals surface area contributed by atoms with Crippen LogP contribution in [0.2, 0.25) is 0 Å². The van der Waals surface area contributed by atoms with Gasteiger partial charge < -0.3 is 5.32 Å². The molecule has 1 atom stereocenters. The molecule has 0 spiro atoms. The monoisotopic (exact) mass is 286 g/mol. The lowest BCUT2D eigenvalue weighted by Crippen LogP contribution is -2.45. The summed E-state index contributed by atoms with van der Waals surface area (Å²) in [5, 5.41) is 7.94. The van der Waals surface area contributed by atoms with E-state index in [4.69, 9.17) is 0 Å². The summed E-state index contributed by atoms with van der Waals surface area (Å²) in [6, 6.07) is 9.54. The Bertz CT molecular complexity index is 556. The van der Waals surface area contributed by atoms with E-state index in [2.05, 4.69) is 59.1 Å². The predicted octanol–water partition coefficient (Wildman–Crippen LogP) is 3.36. The van der Waals surface area contributed by atoms with Crippen LogP contribution in [-0.4, -0.2) is 31.1 Å². The van der Waals surface area contributed by atoms with E-state index in [9.17, 15) is 0 Å². The van der Waals surface area contributed by atoms with Gasteiger partial charge in [-0.25, -0.2) is 0 Å². The van der Waals surface area contributed by atoms with E-state index in [1.807, 2.05) is 0 Å². The molecular weight excluding hydrogens is 264 g/mol. The molecule has 0 amide bonds. The minimum absolute atomic E-state index is 0.406. The van der Waals surface area contributed by atoms with Crippen molar-refractivity contribution in [2.75, 3.05) is 26.2 Å². The largest absolute Gasteiger partial charge is 0.314 e. The molecule has 1 aliphatic heterocycles. The number of thiophene rings is 1. The number of benzene rings is 1. The summed E-state index contributed by atoms with van der Waals surface area (Å²) < 4.78 is 0. The molecule has 1 saturated heterocycles. The smallest absolute Gasteiger partial charge is 0.0613 e. The van der Waals surface area contributed by atoms with E-state index < -0.39 is 0 Å². The quantitative estimate of drug-likeness (QED) is 0.931. The molecule has 20 heavy (non-hydrogen) atoms. The first-order valence-electron chi connectivity index (χ1n) is 7.30. The second kappa shape index (κ2) is 6.08. The molecule has 0 radical (unpaired) electrons. The van der Waals surface area contributed by atoms with Crippen LogP contribution in [0, 0.1) is 13.8 Å². The number of hydrogen-bond donors (Lipinski definition) is 1. The fourth-order valence-corrected chi connectivity index (χ4v) is 3.77. The normalized spacial score (nSPS) is 18.1. The Morgan fingerprint density at radius 1 is 1.15 bits per heavy atom. The van der Waals surface area contributed by atoms with Crippen molar-refractivity contribution in [3.63, 3.8) is 0 Å². The molecule has 1 aliphatic rings. The van der Waals surface area contributed by atoms with Gasteiger partial charge in [0.05, 0.1) is 6.04 Å². The van der Waals surface area contributed by atoms with Gasteiger partial charge in [0.25, 0.3) is 0 Å². The van der Waals surface area contributed by atoms with Crippen molar-refractivity contribution in [2.24, 2.45) is 0 Å². The second-order valence-corrected chi connectivity index (χ2v) is 6.39. The zero-order valence-corrected chi connectivity index (χ0v) is 13.0. The summed E-state index contributed by atoms with van der Waals surface area (Å²) in [5.74, 6) is 0. The van der Waals surface area contributed by atoms with Gasteiger partial charge in [-0.05, 0) is 47.4 Å². The van der Waals surface area contributed by atoms with Gasteiger partial charge in [-0.3, -0.25) is 4.90 Å². The lowest BCUT2D eigenvalue weighted by atomic mass is 9.93. The van der Waals surface area contributed by atoms with Gasteiger partial charge in [0.1, 0.15) is 0 Å². The van der Waals surface area contributed by atoms with Gasteiger partial charge in [-0.15, -0.1) is 0 Å². The number of aryl methyl sites for hydroxylation is 2. The van der Waals surface area contributed by atoms with E-state index in [0.717, 1.165) is 26.2 Å². The third kappa shape index (κ3) is 2.80. The molecule has 1 aromatic carbocycles. The van der Waals surface area contributed by atoms with Crippen LogP contribution < -0.4 is 5.32 Å². The third-order valence-electron chi connectivity index (χ3n) is 4.10. The van der Waals surface area contributed by atoms with Crippen LogP contribution in [0.25, 0.3) is 0 Å². The summed E-state index contributed by atoms with van der Waals surface area (Å²) in [7, 11) is 0. The highest BCUT2D eigenvalue weighted by Crippen LogP contribution is 2.32. The molecule has 3 heteroatoms. The summed E-state index contributed by atoms with van der Waals surface area (Å²) in [6.45, 7) is 8.82. The fraction of sp³-hybridized carbons (Fsp3) is 0.412. The van der Waals surface area contributed by atoms with Crippen LogP contribution in [0.3, 0.4) is 0 Å². The first kappa shape index (κ1) is 13.8. The summed E-state index contributed by atoms with van der Waals surface area (Å²) >= 11 is 1.79. The lowest BCUT2D eigenvalue weighted by Gasteiger charge is -2.35. The van der Waals surface area contributed by atoms with Crippen molar-refractivity contribution in [2.45, 2.75) is 19.9 Å². The van der Waals surface area contributed by atoms with Crippen LogP contribution >= 0.6 is 11.3 Å². The van der Waals surface area contributed by atoms with Gasteiger partial charge in [-0.1, -0.05) is 23.8 Å². The molecule has 2 aromatic rings. The highest BCUT2D eigenvalue weighted by Gasteiger charge is 2.25. The molecule has 1 fully saturated rings. The Labute approximate surface area is 125 Å². The standard InChI is InChI=1S/C17H22N2S/c1-13-3-4-16(14(2)11-13)17(15-5-10-20-12-15)19-8-6-18-7-9-19/h3-5,10-12,17-18H,6-9H2,1-2H3. The molecule has 1 N–H and O–H groups in total. The maximum Gasteiger partial charge on any atom is 0.0613 e. The van der Waals surface area contributed by atoms with Gasteiger partial charge >= 0.3 is 0 Å². The molecule has 2 heterocycles. The molecule has 106 valence electrons. The molecular formula is C17H22N2S. The molecule has 0 aliphatic carbocycles. The molecule has 2 nitrogen and oxygen atoms in total. The molecule has 1 unspecified atom stereocenters. The summed E-state index contributed by atoms with van der Waals surface area (Å²) in [4.78, 5) is 2.61. The lowest BCUT2D eigenvalue weighted by molar-refractivity contribution is 0.198.